The summed E-state index contributed by atoms with van der Waals surface area (Å²) in [6.07, 6.45) is 0. The van der Waals surface area contributed by atoms with Crippen molar-refractivity contribution >= 4 is 11.7 Å². The summed E-state index contributed by atoms with van der Waals surface area (Å²) in [6.45, 7) is 1.37. The van der Waals surface area contributed by atoms with E-state index >= 15 is 0 Å². The molecule has 4 nitrogen and oxygen atoms in total. The molecule has 1 aromatic carbocycles. The molecule has 1 aliphatic rings. The molecule has 0 spiro atoms. The Hall–Kier alpha value is -1.68. The first-order valence-electron chi connectivity index (χ1n) is 5.54. The number of methoxy groups -OCH3 is 1. The largest absolute Gasteiger partial charge is 0.468 e. The number of carbonyl (C=O) groups is 1. The standard InChI is InChI=1S/C13H15NO3/c1-16-13(15)11-8-17-9-12(11)14-7-10-5-3-2-4-6-10/h2-6,11H,7-9H2,1H3. The minimum Gasteiger partial charge on any atom is -0.468 e. The highest BCUT2D eigenvalue weighted by molar-refractivity contribution is 6.04. The highest BCUT2D eigenvalue weighted by Crippen LogP contribution is 2.13. The Morgan fingerprint density at radius 2 is 2.24 bits per heavy atom. The summed E-state index contributed by atoms with van der Waals surface area (Å²) in [7, 11) is 1.38. The van der Waals surface area contributed by atoms with E-state index in [0.29, 0.717) is 19.8 Å². The highest BCUT2D eigenvalue weighted by atomic mass is 16.5. The molecule has 17 heavy (non-hydrogen) atoms. The van der Waals surface area contributed by atoms with Crippen LogP contribution in [-0.4, -0.2) is 32.0 Å². The fourth-order valence-corrected chi connectivity index (χ4v) is 1.76. The van der Waals surface area contributed by atoms with E-state index in [4.69, 9.17) is 9.47 Å². The number of benzene rings is 1. The number of carbonyl (C=O) groups excluding carboxylic acids is 1. The number of hydrogen-bond acceptors (Lipinski definition) is 4. The predicted octanol–water partition coefficient (Wildman–Crippen LogP) is 1.45. The Balaban J connectivity index is 2.04. The molecule has 1 atom stereocenters. The summed E-state index contributed by atoms with van der Waals surface area (Å²) >= 11 is 0. The number of rotatable bonds is 3. The maximum Gasteiger partial charge on any atom is 0.316 e. The van der Waals surface area contributed by atoms with Crippen LogP contribution >= 0.6 is 0 Å². The summed E-state index contributed by atoms with van der Waals surface area (Å²) in [5.74, 6) is -0.599. The minimum atomic E-state index is -0.330. The molecule has 0 bridgehead atoms. The van der Waals surface area contributed by atoms with Gasteiger partial charge >= 0.3 is 5.97 Å². The molecule has 0 aromatic heterocycles. The quantitative estimate of drug-likeness (QED) is 0.742. The van der Waals surface area contributed by atoms with Crippen LogP contribution in [0.2, 0.25) is 0 Å². The van der Waals surface area contributed by atoms with Gasteiger partial charge in [-0.1, -0.05) is 30.3 Å². The van der Waals surface area contributed by atoms with Crippen molar-refractivity contribution in [2.24, 2.45) is 10.9 Å². The van der Waals surface area contributed by atoms with E-state index in [-0.39, 0.29) is 11.9 Å². The van der Waals surface area contributed by atoms with E-state index < -0.39 is 0 Å². The lowest BCUT2D eigenvalue weighted by Crippen LogP contribution is -2.23. The maximum absolute atomic E-state index is 11.5. The molecule has 1 aromatic rings. The normalized spacial score (nSPS) is 21.7. The van der Waals surface area contributed by atoms with E-state index in [1.54, 1.807) is 0 Å². The Bertz CT molecular complexity index is 414. The summed E-state index contributed by atoms with van der Waals surface area (Å²) in [5, 5.41) is 0. The number of ether oxygens (including phenoxy) is 2. The van der Waals surface area contributed by atoms with Crippen molar-refractivity contribution in [1.29, 1.82) is 0 Å². The molecule has 1 heterocycles. The lowest BCUT2D eigenvalue weighted by Gasteiger charge is -2.06. The molecule has 0 N–H and O–H groups in total. The molecule has 1 unspecified atom stereocenters. The third-order valence-corrected chi connectivity index (χ3v) is 2.73. The average molecular weight is 233 g/mol. The van der Waals surface area contributed by atoms with Gasteiger partial charge in [0, 0.05) is 0 Å². The molecule has 0 aliphatic carbocycles. The SMILES string of the molecule is COC(=O)C1COCC1=NCc1ccccc1. The van der Waals surface area contributed by atoms with Crippen LogP contribution in [-0.2, 0) is 20.8 Å². The van der Waals surface area contributed by atoms with Gasteiger partial charge < -0.3 is 9.47 Å². The molecule has 2 rings (SSSR count). The zero-order valence-electron chi connectivity index (χ0n) is 9.76. The topological polar surface area (TPSA) is 47.9 Å². The van der Waals surface area contributed by atoms with Gasteiger partial charge in [0.1, 0.15) is 5.92 Å². The first kappa shape index (κ1) is 11.8. The number of aliphatic imine (C=N–C) groups is 1. The van der Waals surface area contributed by atoms with Gasteiger partial charge in [0.25, 0.3) is 0 Å². The molecule has 0 saturated carbocycles. The van der Waals surface area contributed by atoms with Gasteiger partial charge in [-0.3, -0.25) is 9.79 Å². The van der Waals surface area contributed by atoms with E-state index in [1.807, 2.05) is 30.3 Å². The van der Waals surface area contributed by atoms with Crippen LogP contribution in [0.1, 0.15) is 5.56 Å². The molecule has 1 fully saturated rings. The zero-order chi connectivity index (χ0) is 12.1. The van der Waals surface area contributed by atoms with Gasteiger partial charge in [-0.05, 0) is 5.56 Å². The van der Waals surface area contributed by atoms with Crippen molar-refractivity contribution in [3.63, 3.8) is 0 Å². The Morgan fingerprint density at radius 3 is 2.94 bits per heavy atom. The molecular weight excluding hydrogens is 218 g/mol. The molecule has 0 radical (unpaired) electrons. The van der Waals surface area contributed by atoms with Crippen LogP contribution in [0.15, 0.2) is 35.3 Å². The third kappa shape index (κ3) is 2.91. The van der Waals surface area contributed by atoms with Crippen LogP contribution in [0.3, 0.4) is 0 Å². The maximum atomic E-state index is 11.5. The van der Waals surface area contributed by atoms with Crippen molar-refractivity contribution < 1.29 is 14.3 Å². The van der Waals surface area contributed by atoms with Gasteiger partial charge in [-0.25, -0.2) is 0 Å². The number of esters is 1. The van der Waals surface area contributed by atoms with Gasteiger partial charge in [0.15, 0.2) is 0 Å². The van der Waals surface area contributed by atoms with Crippen molar-refractivity contribution in [3.8, 4) is 0 Å². The van der Waals surface area contributed by atoms with Crippen molar-refractivity contribution in [2.75, 3.05) is 20.3 Å². The monoisotopic (exact) mass is 233 g/mol. The Labute approximate surface area is 100 Å². The van der Waals surface area contributed by atoms with E-state index in [1.165, 1.54) is 7.11 Å². The van der Waals surface area contributed by atoms with E-state index in [2.05, 4.69) is 4.99 Å². The molecule has 4 heteroatoms. The van der Waals surface area contributed by atoms with Crippen LogP contribution in [0.4, 0.5) is 0 Å². The minimum absolute atomic E-state index is 0.269. The fourth-order valence-electron chi connectivity index (χ4n) is 1.76. The lowest BCUT2D eigenvalue weighted by atomic mass is 10.1. The number of nitrogens with zero attached hydrogens (tertiary/aromatic N) is 1. The van der Waals surface area contributed by atoms with Crippen molar-refractivity contribution in [2.45, 2.75) is 6.54 Å². The van der Waals surface area contributed by atoms with Crippen LogP contribution in [0.25, 0.3) is 0 Å². The summed E-state index contributed by atoms with van der Waals surface area (Å²) in [6, 6.07) is 9.92. The van der Waals surface area contributed by atoms with Gasteiger partial charge in [0.2, 0.25) is 0 Å². The van der Waals surface area contributed by atoms with Crippen LogP contribution in [0, 0.1) is 5.92 Å². The van der Waals surface area contributed by atoms with E-state index in [0.717, 1.165) is 11.3 Å². The Morgan fingerprint density at radius 1 is 1.47 bits per heavy atom. The molecular formula is C13H15NO3. The van der Waals surface area contributed by atoms with Gasteiger partial charge in [-0.2, -0.15) is 0 Å². The van der Waals surface area contributed by atoms with Gasteiger partial charge in [-0.15, -0.1) is 0 Å². The summed E-state index contributed by atoms with van der Waals surface area (Å²) in [4.78, 5) is 15.9. The summed E-state index contributed by atoms with van der Waals surface area (Å²) < 4.78 is 9.97. The first-order chi connectivity index (χ1) is 8.31. The molecule has 90 valence electrons. The Kier molecular flexibility index (Phi) is 3.88. The highest BCUT2D eigenvalue weighted by Gasteiger charge is 2.30. The number of hydrogen-bond donors (Lipinski definition) is 0. The molecule has 0 amide bonds. The van der Waals surface area contributed by atoms with Crippen LogP contribution < -0.4 is 0 Å². The predicted molar refractivity (Wildman–Crippen MR) is 63.9 cm³/mol. The van der Waals surface area contributed by atoms with Crippen molar-refractivity contribution in [1.82, 2.24) is 0 Å². The second kappa shape index (κ2) is 5.59. The van der Waals surface area contributed by atoms with Crippen LogP contribution in [0.5, 0.6) is 0 Å². The van der Waals surface area contributed by atoms with Gasteiger partial charge in [0.05, 0.1) is 32.6 Å². The average Bonchev–Trinajstić information content (AvgIpc) is 2.85. The van der Waals surface area contributed by atoms with E-state index in [9.17, 15) is 4.79 Å². The lowest BCUT2D eigenvalue weighted by molar-refractivity contribution is -0.143. The summed E-state index contributed by atoms with van der Waals surface area (Å²) in [5.41, 5.74) is 1.90. The second-order valence-electron chi connectivity index (χ2n) is 3.88. The fraction of sp³-hybridized carbons (Fsp3) is 0.385. The second-order valence-corrected chi connectivity index (χ2v) is 3.88. The third-order valence-electron chi connectivity index (χ3n) is 2.73. The first-order valence-corrected chi connectivity index (χ1v) is 5.54. The smallest absolute Gasteiger partial charge is 0.316 e. The van der Waals surface area contributed by atoms with Crippen molar-refractivity contribution in [3.05, 3.63) is 35.9 Å². The molecule has 1 saturated heterocycles. The zero-order valence-corrected chi connectivity index (χ0v) is 9.76. The molecule has 1 aliphatic heterocycles.